The molecule has 0 aliphatic heterocycles. The van der Waals surface area contributed by atoms with E-state index in [1.807, 2.05) is 0 Å². The van der Waals surface area contributed by atoms with Crippen molar-refractivity contribution in [1.29, 1.82) is 0 Å². The summed E-state index contributed by atoms with van der Waals surface area (Å²) in [5.41, 5.74) is 25.5. The Balaban J connectivity index is 0.928. The molecule has 3 aliphatic carbocycles. The third-order valence-electron chi connectivity index (χ3n) is 15.4. The molecule has 1 nitrogen and oxygen atoms in total. The number of nitrogens with zero attached hydrogens (tertiary/aromatic N) is 1. The molecule has 0 aromatic heterocycles. The van der Waals surface area contributed by atoms with Crippen LogP contribution in [0.3, 0.4) is 0 Å². The molecule has 2 spiro atoms. The van der Waals surface area contributed by atoms with Crippen LogP contribution in [0.4, 0.5) is 17.1 Å². The first-order chi connectivity index (χ1) is 34.2. The third kappa shape index (κ3) is 5.59. The van der Waals surface area contributed by atoms with Gasteiger partial charge in [0.2, 0.25) is 0 Å². The lowest BCUT2D eigenvalue weighted by Crippen LogP contribution is -2.44. The molecule has 11 aromatic rings. The first kappa shape index (κ1) is 39.4. The summed E-state index contributed by atoms with van der Waals surface area (Å²) < 4.78 is 0. The van der Waals surface area contributed by atoms with Crippen LogP contribution in [-0.4, -0.2) is 0 Å². The van der Waals surface area contributed by atoms with Crippen LogP contribution in [-0.2, 0) is 10.8 Å². The SMILES string of the molecule is c1ccc(-c2ccc(N(c3ccccc3)c3ccc(-c4ccc(-c5cccc6c5C5(c7ccccc7-c7ccccc75)c5ccccc5C65c6ccccc6-c6ccccc65)cc4)cc3)cc2)cc1. The van der Waals surface area contributed by atoms with Gasteiger partial charge < -0.3 is 4.90 Å². The van der Waals surface area contributed by atoms with Gasteiger partial charge in [-0.2, -0.15) is 0 Å². The normalized spacial score (nSPS) is 13.7. The zero-order valence-electron chi connectivity index (χ0n) is 37.9. The Labute approximate surface area is 403 Å². The fraction of sp³-hybridized carbons (Fsp3) is 0.0294. The van der Waals surface area contributed by atoms with E-state index in [1.54, 1.807) is 0 Å². The van der Waals surface area contributed by atoms with Crippen molar-refractivity contribution in [3.05, 3.63) is 317 Å². The van der Waals surface area contributed by atoms with Crippen molar-refractivity contribution in [3.63, 3.8) is 0 Å². The van der Waals surface area contributed by atoms with Gasteiger partial charge >= 0.3 is 0 Å². The van der Waals surface area contributed by atoms with Crippen LogP contribution >= 0.6 is 0 Å². The molecular formula is C68H45N. The van der Waals surface area contributed by atoms with E-state index < -0.39 is 10.8 Å². The fourth-order valence-electron chi connectivity index (χ4n) is 12.6. The minimum absolute atomic E-state index is 0.522. The minimum atomic E-state index is -0.561. The number of hydrogen-bond acceptors (Lipinski definition) is 1. The van der Waals surface area contributed by atoms with Gasteiger partial charge in [0, 0.05) is 17.1 Å². The molecule has 0 amide bonds. The highest BCUT2D eigenvalue weighted by atomic mass is 15.1. The Morgan fingerprint density at radius 1 is 0.188 bits per heavy atom. The van der Waals surface area contributed by atoms with Gasteiger partial charge in [-0.1, -0.05) is 237 Å². The Kier molecular flexibility index (Phi) is 8.78. The largest absolute Gasteiger partial charge is 0.311 e. The van der Waals surface area contributed by atoms with Gasteiger partial charge in [0.25, 0.3) is 0 Å². The third-order valence-corrected chi connectivity index (χ3v) is 15.4. The highest BCUT2D eigenvalue weighted by Crippen LogP contribution is 2.68. The maximum atomic E-state index is 2.45. The van der Waals surface area contributed by atoms with Crippen LogP contribution in [0, 0.1) is 0 Å². The number of rotatable bonds is 6. The van der Waals surface area contributed by atoms with E-state index in [-0.39, 0.29) is 0 Å². The summed E-state index contributed by atoms with van der Waals surface area (Å²) in [7, 11) is 0. The number of benzene rings is 11. The Hall–Kier alpha value is -8.78. The summed E-state index contributed by atoms with van der Waals surface area (Å²) in [6.07, 6.45) is 0. The predicted octanol–water partition coefficient (Wildman–Crippen LogP) is 17.2. The fourth-order valence-corrected chi connectivity index (χ4v) is 12.6. The van der Waals surface area contributed by atoms with Crippen molar-refractivity contribution in [1.82, 2.24) is 0 Å². The second kappa shape index (κ2) is 15.4. The van der Waals surface area contributed by atoms with Crippen LogP contribution in [0.5, 0.6) is 0 Å². The average molecular weight is 876 g/mol. The van der Waals surface area contributed by atoms with Crippen molar-refractivity contribution in [2.45, 2.75) is 10.8 Å². The molecule has 322 valence electrons. The summed E-state index contributed by atoms with van der Waals surface area (Å²) in [6.45, 7) is 0. The molecule has 0 saturated heterocycles. The minimum Gasteiger partial charge on any atom is -0.311 e. The Bertz CT molecular complexity index is 3660. The van der Waals surface area contributed by atoms with Gasteiger partial charge in [-0.05, 0) is 137 Å². The predicted molar refractivity (Wildman–Crippen MR) is 286 cm³/mol. The lowest BCUT2D eigenvalue weighted by molar-refractivity contribution is 0.634. The summed E-state index contributed by atoms with van der Waals surface area (Å²) in [4.78, 5) is 2.33. The molecule has 3 aliphatic rings. The van der Waals surface area contributed by atoms with Crippen molar-refractivity contribution in [2.24, 2.45) is 0 Å². The number of hydrogen-bond donors (Lipinski definition) is 0. The van der Waals surface area contributed by atoms with Crippen LogP contribution in [0.15, 0.2) is 273 Å². The average Bonchev–Trinajstić information content (AvgIpc) is 3.89. The van der Waals surface area contributed by atoms with E-state index in [9.17, 15) is 0 Å². The molecule has 0 radical (unpaired) electrons. The van der Waals surface area contributed by atoms with Crippen LogP contribution < -0.4 is 4.90 Å². The number of anilines is 3. The molecule has 14 rings (SSSR count). The molecule has 0 atom stereocenters. The lowest BCUT2D eigenvalue weighted by atomic mass is 9.51. The van der Waals surface area contributed by atoms with Gasteiger partial charge in [0.1, 0.15) is 0 Å². The molecule has 1 heteroatoms. The highest BCUT2D eigenvalue weighted by molar-refractivity contribution is 5.96. The zero-order chi connectivity index (χ0) is 45.5. The Morgan fingerprint density at radius 3 is 0.971 bits per heavy atom. The molecule has 0 N–H and O–H groups in total. The molecular weight excluding hydrogens is 831 g/mol. The van der Waals surface area contributed by atoms with Crippen molar-refractivity contribution in [3.8, 4) is 55.6 Å². The molecule has 69 heavy (non-hydrogen) atoms. The van der Waals surface area contributed by atoms with Crippen molar-refractivity contribution in [2.75, 3.05) is 4.90 Å². The van der Waals surface area contributed by atoms with E-state index in [0.717, 1.165) is 17.1 Å². The van der Waals surface area contributed by atoms with E-state index in [0.29, 0.717) is 0 Å². The van der Waals surface area contributed by atoms with Gasteiger partial charge in [-0.15, -0.1) is 0 Å². The quantitative estimate of drug-likeness (QED) is 0.161. The van der Waals surface area contributed by atoms with Crippen LogP contribution in [0.2, 0.25) is 0 Å². The maximum Gasteiger partial charge on any atom is 0.0725 e. The van der Waals surface area contributed by atoms with Gasteiger partial charge in [0.15, 0.2) is 0 Å². The standard InChI is InChI=1S/C68H45N/c1-3-18-46(19-4-1)48-38-42-52(43-39-48)69(51-20-5-2-6-21-51)53-44-40-49(41-45-53)47-34-36-50(37-35-47)54-26-17-33-65-66(54)68(61-29-13-9-24-57(61)58-25-10-14-30-62(58)68)64-32-16-15-31-63(64)67(65)59-27-11-7-22-55(59)56-23-8-12-28-60(56)67/h1-45H. The Morgan fingerprint density at radius 2 is 0.493 bits per heavy atom. The van der Waals surface area contributed by atoms with E-state index in [1.165, 1.54) is 100 Å². The van der Waals surface area contributed by atoms with Crippen LogP contribution in [0.25, 0.3) is 55.6 Å². The summed E-state index contributed by atoms with van der Waals surface area (Å²) in [5, 5.41) is 0. The maximum absolute atomic E-state index is 2.45. The monoisotopic (exact) mass is 875 g/mol. The molecule has 0 unspecified atom stereocenters. The van der Waals surface area contributed by atoms with E-state index >= 15 is 0 Å². The topological polar surface area (TPSA) is 3.24 Å². The molecule has 11 aromatic carbocycles. The van der Waals surface area contributed by atoms with Gasteiger partial charge in [-0.25, -0.2) is 0 Å². The summed E-state index contributed by atoms with van der Waals surface area (Å²) in [6, 6.07) is 102. The number of fused-ring (bicyclic) bond motifs is 16. The van der Waals surface area contributed by atoms with Crippen LogP contribution in [0.1, 0.15) is 44.5 Å². The zero-order valence-corrected chi connectivity index (χ0v) is 37.9. The highest BCUT2D eigenvalue weighted by Gasteiger charge is 2.59. The lowest BCUT2D eigenvalue weighted by Gasteiger charge is -2.49. The first-order valence-corrected chi connectivity index (χ1v) is 24.1. The van der Waals surface area contributed by atoms with Crippen molar-refractivity contribution < 1.29 is 0 Å². The molecule has 0 saturated carbocycles. The smallest absolute Gasteiger partial charge is 0.0725 e. The summed E-state index contributed by atoms with van der Waals surface area (Å²) >= 11 is 0. The molecule has 0 bridgehead atoms. The molecule has 0 heterocycles. The second-order valence-electron chi connectivity index (χ2n) is 18.7. The number of para-hydroxylation sites is 1. The van der Waals surface area contributed by atoms with Gasteiger partial charge in [0.05, 0.1) is 10.8 Å². The van der Waals surface area contributed by atoms with Crippen molar-refractivity contribution >= 4 is 17.1 Å². The van der Waals surface area contributed by atoms with E-state index in [2.05, 4.69) is 278 Å². The molecule has 0 fully saturated rings. The van der Waals surface area contributed by atoms with Gasteiger partial charge in [-0.3, -0.25) is 0 Å². The first-order valence-electron chi connectivity index (χ1n) is 24.1. The van der Waals surface area contributed by atoms with E-state index in [4.69, 9.17) is 0 Å². The summed E-state index contributed by atoms with van der Waals surface area (Å²) in [5.74, 6) is 0. The second-order valence-corrected chi connectivity index (χ2v) is 18.7.